The number of hydrogen-bond acceptors (Lipinski definition) is 4. The standard InChI is InChI=1S/C15H20N2OS/c1-3-5-13-14(19-15(16)17-13)10-11-6-8-12(9-7-11)18-4-2/h6-9H,3-5,10H2,1-2H3,(H2,16,17). The lowest BCUT2D eigenvalue weighted by molar-refractivity contribution is 0.340. The van der Waals surface area contributed by atoms with Gasteiger partial charge in [-0.1, -0.05) is 25.5 Å². The molecule has 0 fully saturated rings. The Bertz CT molecular complexity index is 519. The quantitative estimate of drug-likeness (QED) is 0.875. The first-order valence-corrected chi connectivity index (χ1v) is 7.50. The molecule has 0 radical (unpaired) electrons. The number of ether oxygens (including phenoxy) is 1. The number of nitrogen functional groups attached to an aromatic ring is 1. The van der Waals surface area contributed by atoms with E-state index in [9.17, 15) is 0 Å². The van der Waals surface area contributed by atoms with Gasteiger partial charge in [-0.25, -0.2) is 4.98 Å². The van der Waals surface area contributed by atoms with Gasteiger partial charge in [0.15, 0.2) is 5.13 Å². The molecular formula is C15H20N2OS. The molecule has 0 unspecified atom stereocenters. The average Bonchev–Trinajstić information content (AvgIpc) is 2.73. The SMILES string of the molecule is CCCc1nc(N)sc1Cc1ccc(OCC)cc1. The van der Waals surface area contributed by atoms with Gasteiger partial charge in [-0.15, -0.1) is 11.3 Å². The third-order valence-electron chi connectivity index (χ3n) is 2.88. The molecule has 4 heteroatoms. The number of thiazole rings is 1. The molecule has 2 N–H and O–H groups in total. The molecule has 2 aromatic rings. The molecule has 1 heterocycles. The summed E-state index contributed by atoms with van der Waals surface area (Å²) in [4.78, 5) is 5.70. The van der Waals surface area contributed by atoms with Gasteiger partial charge in [0.2, 0.25) is 0 Å². The number of hydrogen-bond donors (Lipinski definition) is 1. The van der Waals surface area contributed by atoms with Crippen LogP contribution >= 0.6 is 11.3 Å². The molecule has 0 aliphatic heterocycles. The van der Waals surface area contributed by atoms with Crippen molar-refractivity contribution < 1.29 is 4.74 Å². The first-order valence-electron chi connectivity index (χ1n) is 6.68. The van der Waals surface area contributed by atoms with Gasteiger partial charge in [0.1, 0.15) is 5.75 Å². The minimum atomic E-state index is 0.671. The number of benzene rings is 1. The minimum absolute atomic E-state index is 0.671. The molecule has 0 bridgehead atoms. The van der Waals surface area contributed by atoms with E-state index in [0.29, 0.717) is 11.7 Å². The first-order chi connectivity index (χ1) is 9.22. The van der Waals surface area contributed by atoms with Crippen LogP contribution in [0.5, 0.6) is 5.75 Å². The fourth-order valence-corrected chi connectivity index (χ4v) is 2.94. The highest BCUT2D eigenvalue weighted by molar-refractivity contribution is 7.15. The Morgan fingerprint density at radius 2 is 1.95 bits per heavy atom. The van der Waals surface area contributed by atoms with Gasteiger partial charge in [-0.05, 0) is 31.0 Å². The maximum Gasteiger partial charge on any atom is 0.180 e. The van der Waals surface area contributed by atoms with Crippen LogP contribution < -0.4 is 10.5 Å². The van der Waals surface area contributed by atoms with Gasteiger partial charge in [-0.3, -0.25) is 0 Å². The zero-order valence-electron chi connectivity index (χ0n) is 11.5. The molecule has 3 nitrogen and oxygen atoms in total. The van der Waals surface area contributed by atoms with Crippen LogP contribution in [0.25, 0.3) is 0 Å². The second-order valence-corrected chi connectivity index (χ2v) is 5.54. The molecule has 0 saturated heterocycles. The van der Waals surface area contributed by atoms with Crippen LogP contribution in [0, 0.1) is 0 Å². The molecule has 0 atom stereocenters. The zero-order chi connectivity index (χ0) is 13.7. The van der Waals surface area contributed by atoms with Crippen LogP contribution in [0.2, 0.25) is 0 Å². The van der Waals surface area contributed by atoms with E-state index in [1.54, 1.807) is 11.3 Å². The highest BCUT2D eigenvalue weighted by atomic mass is 32.1. The summed E-state index contributed by atoms with van der Waals surface area (Å²) in [6.07, 6.45) is 3.00. The maximum absolute atomic E-state index is 5.81. The van der Waals surface area contributed by atoms with E-state index in [1.165, 1.54) is 10.4 Å². The van der Waals surface area contributed by atoms with Gasteiger partial charge in [0.05, 0.1) is 12.3 Å². The summed E-state index contributed by atoms with van der Waals surface area (Å²) in [5.41, 5.74) is 8.23. The summed E-state index contributed by atoms with van der Waals surface area (Å²) in [5.74, 6) is 0.920. The van der Waals surface area contributed by atoms with Gasteiger partial charge >= 0.3 is 0 Å². The molecular weight excluding hydrogens is 256 g/mol. The average molecular weight is 276 g/mol. The van der Waals surface area contributed by atoms with E-state index in [2.05, 4.69) is 24.0 Å². The molecule has 0 saturated carbocycles. The maximum atomic E-state index is 5.81. The fraction of sp³-hybridized carbons (Fsp3) is 0.400. The van der Waals surface area contributed by atoms with Crippen molar-refractivity contribution in [3.8, 4) is 5.75 Å². The molecule has 0 aliphatic carbocycles. The Morgan fingerprint density at radius 3 is 2.58 bits per heavy atom. The van der Waals surface area contributed by atoms with Crippen LogP contribution in [-0.2, 0) is 12.8 Å². The van der Waals surface area contributed by atoms with E-state index in [0.717, 1.165) is 30.7 Å². The Hall–Kier alpha value is -1.55. The molecule has 0 amide bonds. The Morgan fingerprint density at radius 1 is 1.21 bits per heavy atom. The second-order valence-electron chi connectivity index (χ2n) is 4.43. The normalized spacial score (nSPS) is 10.6. The lowest BCUT2D eigenvalue weighted by atomic mass is 10.1. The van der Waals surface area contributed by atoms with Crippen LogP contribution in [0.1, 0.15) is 36.4 Å². The monoisotopic (exact) mass is 276 g/mol. The van der Waals surface area contributed by atoms with E-state index in [-0.39, 0.29) is 0 Å². The van der Waals surface area contributed by atoms with Crippen molar-refractivity contribution in [1.29, 1.82) is 0 Å². The number of aromatic nitrogens is 1. The van der Waals surface area contributed by atoms with E-state index < -0.39 is 0 Å². The fourth-order valence-electron chi connectivity index (χ4n) is 2.03. The molecule has 2 rings (SSSR count). The van der Waals surface area contributed by atoms with Crippen molar-refractivity contribution in [3.05, 3.63) is 40.4 Å². The Kier molecular flexibility index (Phi) is 4.80. The third-order valence-corrected chi connectivity index (χ3v) is 3.81. The zero-order valence-corrected chi connectivity index (χ0v) is 12.3. The van der Waals surface area contributed by atoms with Crippen LogP contribution in [-0.4, -0.2) is 11.6 Å². The van der Waals surface area contributed by atoms with Crippen molar-refractivity contribution in [3.63, 3.8) is 0 Å². The summed E-state index contributed by atoms with van der Waals surface area (Å²) in [5, 5.41) is 0.671. The highest BCUT2D eigenvalue weighted by Gasteiger charge is 2.09. The second kappa shape index (κ2) is 6.57. The van der Waals surface area contributed by atoms with Gasteiger partial charge in [-0.2, -0.15) is 0 Å². The van der Waals surface area contributed by atoms with Gasteiger partial charge in [0, 0.05) is 11.3 Å². The van der Waals surface area contributed by atoms with Crippen LogP contribution in [0.4, 0.5) is 5.13 Å². The van der Waals surface area contributed by atoms with Crippen molar-refractivity contribution >= 4 is 16.5 Å². The lowest BCUT2D eigenvalue weighted by Gasteiger charge is -2.05. The first kappa shape index (κ1) is 13.9. The van der Waals surface area contributed by atoms with E-state index >= 15 is 0 Å². The van der Waals surface area contributed by atoms with Crippen molar-refractivity contribution in [2.75, 3.05) is 12.3 Å². The number of aryl methyl sites for hydroxylation is 1. The van der Waals surface area contributed by atoms with Gasteiger partial charge in [0.25, 0.3) is 0 Å². The number of nitrogens with two attached hydrogens (primary N) is 1. The smallest absolute Gasteiger partial charge is 0.180 e. The molecule has 102 valence electrons. The van der Waals surface area contributed by atoms with Gasteiger partial charge < -0.3 is 10.5 Å². The number of anilines is 1. The van der Waals surface area contributed by atoms with Crippen molar-refractivity contribution in [2.45, 2.75) is 33.1 Å². The summed E-state index contributed by atoms with van der Waals surface area (Å²) in [7, 11) is 0. The molecule has 19 heavy (non-hydrogen) atoms. The van der Waals surface area contributed by atoms with Crippen LogP contribution in [0.15, 0.2) is 24.3 Å². The molecule has 0 spiro atoms. The number of rotatable bonds is 6. The summed E-state index contributed by atoms with van der Waals surface area (Å²) in [6, 6.07) is 8.25. The predicted octanol–water partition coefficient (Wildman–Crippen LogP) is 3.67. The highest BCUT2D eigenvalue weighted by Crippen LogP contribution is 2.25. The predicted molar refractivity (Wildman–Crippen MR) is 80.9 cm³/mol. The lowest BCUT2D eigenvalue weighted by Crippen LogP contribution is -1.94. The summed E-state index contributed by atoms with van der Waals surface area (Å²) in [6.45, 7) is 4.85. The van der Waals surface area contributed by atoms with Crippen molar-refractivity contribution in [1.82, 2.24) is 4.98 Å². The van der Waals surface area contributed by atoms with E-state index in [4.69, 9.17) is 10.5 Å². The molecule has 0 aliphatic rings. The minimum Gasteiger partial charge on any atom is -0.494 e. The third kappa shape index (κ3) is 3.70. The van der Waals surface area contributed by atoms with E-state index in [1.807, 2.05) is 19.1 Å². The largest absolute Gasteiger partial charge is 0.494 e. The number of nitrogens with zero attached hydrogens (tertiary/aromatic N) is 1. The molecule has 1 aromatic carbocycles. The van der Waals surface area contributed by atoms with Crippen molar-refractivity contribution in [2.24, 2.45) is 0 Å². The summed E-state index contributed by atoms with van der Waals surface area (Å²) >= 11 is 1.60. The molecule has 1 aromatic heterocycles. The van der Waals surface area contributed by atoms with Crippen LogP contribution in [0.3, 0.4) is 0 Å². The Labute approximate surface area is 118 Å². The topological polar surface area (TPSA) is 48.1 Å². The summed E-state index contributed by atoms with van der Waals surface area (Å²) < 4.78 is 5.45. The Balaban J connectivity index is 2.11.